The molecule has 0 fully saturated rings. The zero-order valence-electron chi connectivity index (χ0n) is 12.5. The van der Waals surface area contributed by atoms with E-state index in [1.807, 2.05) is 25.3 Å². The number of rotatable bonds is 7. The number of nitrogens with one attached hydrogen (secondary N) is 2. The van der Waals surface area contributed by atoms with Crippen LogP contribution in [-0.2, 0) is 10.7 Å². The molecule has 0 saturated heterocycles. The minimum atomic E-state index is -0.0568. The molecule has 118 valence electrons. The monoisotopic (exact) mass is 339 g/mol. The summed E-state index contributed by atoms with van der Waals surface area (Å²) in [5.74, 6) is 0.898. The molecule has 0 spiro atoms. The van der Waals surface area contributed by atoms with Gasteiger partial charge in [0.25, 0.3) is 0 Å². The molecule has 0 atom stereocenters. The summed E-state index contributed by atoms with van der Waals surface area (Å²) in [5.41, 5.74) is 2.62. The maximum Gasteiger partial charge on any atom is 0.226 e. The van der Waals surface area contributed by atoms with E-state index < -0.39 is 0 Å². The molecule has 0 bridgehead atoms. The molecule has 2 aromatic rings. The van der Waals surface area contributed by atoms with E-state index in [4.69, 9.17) is 11.6 Å². The normalized spacial score (nSPS) is 10.5. The first-order valence-electron chi connectivity index (χ1n) is 6.93. The van der Waals surface area contributed by atoms with E-state index >= 15 is 0 Å². The van der Waals surface area contributed by atoms with Crippen LogP contribution in [0.4, 0.5) is 11.1 Å². The van der Waals surface area contributed by atoms with Crippen molar-refractivity contribution in [3.8, 4) is 0 Å². The van der Waals surface area contributed by atoms with Gasteiger partial charge in [-0.15, -0.1) is 22.9 Å². The number of hydrogen-bond donors (Lipinski definition) is 2. The average molecular weight is 340 g/mol. The summed E-state index contributed by atoms with van der Waals surface area (Å²) in [6.07, 6.45) is 1.10. The van der Waals surface area contributed by atoms with Crippen LogP contribution in [0.5, 0.6) is 0 Å². The lowest BCUT2D eigenvalue weighted by molar-refractivity contribution is -0.116. The zero-order chi connectivity index (χ0) is 15.9. The fourth-order valence-electron chi connectivity index (χ4n) is 1.86. The van der Waals surface area contributed by atoms with Crippen molar-refractivity contribution in [1.82, 2.24) is 15.0 Å². The van der Waals surface area contributed by atoms with Crippen molar-refractivity contribution in [2.24, 2.45) is 0 Å². The first-order valence-corrected chi connectivity index (χ1v) is 8.34. The number of halogens is 1. The number of alkyl halides is 1. The number of nitrogens with zero attached hydrogens (tertiary/aromatic N) is 3. The van der Waals surface area contributed by atoms with Crippen LogP contribution >= 0.6 is 22.9 Å². The second-order valence-electron chi connectivity index (χ2n) is 4.83. The van der Waals surface area contributed by atoms with Crippen molar-refractivity contribution < 1.29 is 4.79 Å². The summed E-state index contributed by atoms with van der Waals surface area (Å²) in [7, 11) is 0. The molecule has 0 radical (unpaired) electrons. The van der Waals surface area contributed by atoms with E-state index in [9.17, 15) is 4.79 Å². The summed E-state index contributed by atoms with van der Waals surface area (Å²) < 4.78 is 0. The van der Waals surface area contributed by atoms with Gasteiger partial charge in [-0.2, -0.15) is 0 Å². The van der Waals surface area contributed by atoms with E-state index in [0.29, 0.717) is 36.3 Å². The van der Waals surface area contributed by atoms with Gasteiger partial charge in [0.05, 0.1) is 11.6 Å². The summed E-state index contributed by atoms with van der Waals surface area (Å²) in [4.78, 5) is 24.6. The van der Waals surface area contributed by atoms with Crippen molar-refractivity contribution in [3.63, 3.8) is 0 Å². The Bertz CT molecular complexity index is 626. The Labute approximate surface area is 138 Å². The standard InChI is InChI=1S/C14H18ClN5OS/c1-9-6-10(2)18-13(17-9)16-5-3-4-12(21)20-14-19-11(7-15)8-22-14/h6,8H,3-5,7H2,1-2H3,(H,16,17,18)(H,19,20,21). The fraction of sp³-hybridized carbons (Fsp3) is 0.429. The van der Waals surface area contributed by atoms with Crippen LogP contribution in [0.1, 0.15) is 29.9 Å². The molecule has 0 saturated carbocycles. The van der Waals surface area contributed by atoms with Gasteiger partial charge in [0.2, 0.25) is 11.9 Å². The summed E-state index contributed by atoms with van der Waals surface area (Å²) in [6.45, 7) is 4.49. The molecular weight excluding hydrogens is 322 g/mol. The second-order valence-corrected chi connectivity index (χ2v) is 5.96. The predicted molar refractivity (Wildman–Crippen MR) is 89.5 cm³/mol. The minimum absolute atomic E-state index is 0.0568. The van der Waals surface area contributed by atoms with E-state index in [0.717, 1.165) is 17.1 Å². The predicted octanol–water partition coefficient (Wildman–Crippen LogP) is 3.12. The van der Waals surface area contributed by atoms with Gasteiger partial charge < -0.3 is 10.6 Å². The summed E-state index contributed by atoms with van der Waals surface area (Å²) in [5, 5.41) is 8.31. The maximum absolute atomic E-state index is 11.8. The molecule has 2 rings (SSSR count). The first-order chi connectivity index (χ1) is 10.6. The van der Waals surface area contributed by atoms with Crippen LogP contribution in [-0.4, -0.2) is 27.4 Å². The van der Waals surface area contributed by atoms with Crippen LogP contribution < -0.4 is 10.6 Å². The van der Waals surface area contributed by atoms with Crippen molar-refractivity contribution in [2.45, 2.75) is 32.6 Å². The maximum atomic E-state index is 11.8. The van der Waals surface area contributed by atoms with Gasteiger partial charge in [-0.3, -0.25) is 4.79 Å². The van der Waals surface area contributed by atoms with Gasteiger partial charge in [-0.25, -0.2) is 15.0 Å². The van der Waals surface area contributed by atoms with Crippen LogP contribution in [0, 0.1) is 13.8 Å². The van der Waals surface area contributed by atoms with Crippen molar-refractivity contribution in [2.75, 3.05) is 17.2 Å². The van der Waals surface area contributed by atoms with Crippen LogP contribution in [0.15, 0.2) is 11.4 Å². The van der Waals surface area contributed by atoms with Gasteiger partial charge in [0.15, 0.2) is 5.13 Å². The van der Waals surface area contributed by atoms with Gasteiger partial charge in [0, 0.05) is 29.7 Å². The first kappa shape index (κ1) is 16.6. The van der Waals surface area contributed by atoms with E-state index in [-0.39, 0.29) is 5.91 Å². The highest BCUT2D eigenvalue weighted by atomic mass is 35.5. The molecule has 2 heterocycles. The molecular formula is C14H18ClN5OS. The average Bonchev–Trinajstić information content (AvgIpc) is 2.90. The summed E-state index contributed by atoms with van der Waals surface area (Å²) >= 11 is 7.05. The van der Waals surface area contributed by atoms with Gasteiger partial charge in [-0.05, 0) is 26.3 Å². The van der Waals surface area contributed by atoms with Crippen LogP contribution in [0.3, 0.4) is 0 Å². The van der Waals surface area contributed by atoms with Crippen molar-refractivity contribution >= 4 is 39.9 Å². The van der Waals surface area contributed by atoms with Gasteiger partial charge in [0.1, 0.15) is 0 Å². The van der Waals surface area contributed by atoms with Crippen molar-refractivity contribution in [1.29, 1.82) is 0 Å². The molecule has 0 aromatic carbocycles. The molecule has 22 heavy (non-hydrogen) atoms. The van der Waals surface area contributed by atoms with Crippen LogP contribution in [0.25, 0.3) is 0 Å². The number of hydrogen-bond acceptors (Lipinski definition) is 6. The second kappa shape index (κ2) is 8.05. The third-order valence-electron chi connectivity index (χ3n) is 2.78. The number of carbonyl (C=O) groups is 1. The topological polar surface area (TPSA) is 79.8 Å². The third-order valence-corrected chi connectivity index (χ3v) is 3.86. The quantitative estimate of drug-likeness (QED) is 0.598. The Morgan fingerprint density at radius 2 is 2.00 bits per heavy atom. The lowest BCUT2D eigenvalue weighted by atomic mass is 10.3. The van der Waals surface area contributed by atoms with Gasteiger partial charge >= 0.3 is 0 Å². The Hall–Kier alpha value is -1.73. The smallest absolute Gasteiger partial charge is 0.226 e. The number of aryl methyl sites for hydroxylation is 2. The molecule has 8 heteroatoms. The van der Waals surface area contributed by atoms with Crippen molar-refractivity contribution in [3.05, 3.63) is 28.5 Å². The Morgan fingerprint density at radius 1 is 1.27 bits per heavy atom. The molecule has 0 unspecified atom stereocenters. The molecule has 0 aliphatic rings. The Morgan fingerprint density at radius 3 is 2.64 bits per heavy atom. The van der Waals surface area contributed by atoms with E-state index in [1.165, 1.54) is 11.3 Å². The zero-order valence-corrected chi connectivity index (χ0v) is 14.1. The number of carbonyl (C=O) groups excluding carboxylic acids is 1. The molecule has 1 amide bonds. The molecule has 0 aliphatic heterocycles. The fourth-order valence-corrected chi connectivity index (χ4v) is 2.82. The lowest BCUT2D eigenvalue weighted by Gasteiger charge is -2.06. The Kier molecular flexibility index (Phi) is 6.09. The Balaban J connectivity index is 1.70. The highest BCUT2D eigenvalue weighted by molar-refractivity contribution is 7.13. The highest BCUT2D eigenvalue weighted by Crippen LogP contribution is 2.16. The summed E-state index contributed by atoms with van der Waals surface area (Å²) in [6, 6.07) is 1.92. The number of thiazole rings is 1. The van der Waals surface area contributed by atoms with E-state index in [2.05, 4.69) is 25.6 Å². The largest absolute Gasteiger partial charge is 0.354 e. The van der Waals surface area contributed by atoms with Gasteiger partial charge in [-0.1, -0.05) is 0 Å². The third kappa shape index (κ3) is 5.23. The molecule has 6 nitrogen and oxygen atoms in total. The molecule has 0 aliphatic carbocycles. The minimum Gasteiger partial charge on any atom is -0.354 e. The molecule has 2 N–H and O–H groups in total. The SMILES string of the molecule is Cc1cc(C)nc(NCCCC(=O)Nc2nc(CCl)cs2)n1. The molecule has 2 aromatic heterocycles. The lowest BCUT2D eigenvalue weighted by Crippen LogP contribution is -2.14. The van der Waals surface area contributed by atoms with Crippen LogP contribution in [0.2, 0.25) is 0 Å². The number of anilines is 2. The number of aromatic nitrogens is 3. The van der Waals surface area contributed by atoms with E-state index in [1.54, 1.807) is 0 Å². The highest BCUT2D eigenvalue weighted by Gasteiger charge is 2.06. The number of amides is 1.